The van der Waals surface area contributed by atoms with Gasteiger partial charge in [-0.05, 0) is 29.6 Å². The zero-order chi connectivity index (χ0) is 11.9. The molecule has 0 saturated carbocycles. The summed E-state index contributed by atoms with van der Waals surface area (Å²) in [6, 6.07) is 8.62. The fourth-order valence-electron chi connectivity index (χ4n) is 3.44. The standard InChI is InChI=1S/C17H16O/c1-3-7-14-12(5-1)11-13-6-2-4-8-15(13)17-16(14)9-10-18-17/h1-6,8,11,14,16H,7,9-10H2. The van der Waals surface area contributed by atoms with Crippen molar-refractivity contribution in [1.82, 2.24) is 0 Å². The molecule has 0 N–H and O–H groups in total. The van der Waals surface area contributed by atoms with Crippen LogP contribution in [0.2, 0.25) is 0 Å². The van der Waals surface area contributed by atoms with E-state index >= 15 is 0 Å². The predicted octanol–water partition coefficient (Wildman–Crippen LogP) is 2.13. The van der Waals surface area contributed by atoms with E-state index in [1.54, 1.807) is 0 Å². The van der Waals surface area contributed by atoms with Gasteiger partial charge in [-0.2, -0.15) is 0 Å². The maximum Gasteiger partial charge on any atom is 0.108 e. The Labute approximate surface area is 107 Å². The van der Waals surface area contributed by atoms with Crippen molar-refractivity contribution in [2.24, 2.45) is 11.8 Å². The molecule has 1 heteroatoms. The Hall–Kier alpha value is -1.76. The lowest BCUT2D eigenvalue weighted by atomic mass is 9.80. The topological polar surface area (TPSA) is 9.23 Å². The molecule has 1 aromatic carbocycles. The Kier molecular flexibility index (Phi) is 2.19. The third-order valence-corrected chi connectivity index (χ3v) is 4.30. The lowest BCUT2D eigenvalue weighted by Crippen LogP contribution is -2.27. The van der Waals surface area contributed by atoms with Gasteiger partial charge in [-0.3, -0.25) is 0 Å². The largest absolute Gasteiger partial charge is 0.497 e. The normalized spacial score (nSPS) is 28.2. The third-order valence-electron chi connectivity index (χ3n) is 4.30. The maximum absolute atomic E-state index is 5.96. The number of hydrogen-bond acceptors (Lipinski definition) is 1. The van der Waals surface area contributed by atoms with Crippen LogP contribution in [0.3, 0.4) is 0 Å². The molecule has 1 saturated heterocycles. The van der Waals surface area contributed by atoms with Crippen molar-refractivity contribution in [3.63, 3.8) is 0 Å². The highest BCUT2D eigenvalue weighted by molar-refractivity contribution is 5.59. The molecule has 1 heterocycles. The van der Waals surface area contributed by atoms with E-state index in [-0.39, 0.29) is 0 Å². The Balaban J connectivity index is 2.07. The Morgan fingerprint density at radius 3 is 3.06 bits per heavy atom. The lowest BCUT2D eigenvalue weighted by molar-refractivity contribution is 0.314. The van der Waals surface area contributed by atoms with Crippen molar-refractivity contribution in [1.29, 1.82) is 0 Å². The minimum atomic E-state index is 0.570. The van der Waals surface area contributed by atoms with Gasteiger partial charge < -0.3 is 4.74 Å². The summed E-state index contributed by atoms with van der Waals surface area (Å²) in [5, 5.41) is 2.61. The second kappa shape index (κ2) is 3.88. The van der Waals surface area contributed by atoms with Crippen molar-refractivity contribution in [2.45, 2.75) is 12.8 Å². The molecule has 0 spiro atoms. The van der Waals surface area contributed by atoms with Gasteiger partial charge in [-0.1, -0.05) is 48.6 Å². The first kappa shape index (κ1) is 10.2. The van der Waals surface area contributed by atoms with Crippen LogP contribution in [0.25, 0.3) is 11.8 Å². The number of allylic oxidation sites excluding steroid dienone is 4. The van der Waals surface area contributed by atoms with E-state index in [0.29, 0.717) is 11.8 Å². The fourth-order valence-corrected chi connectivity index (χ4v) is 3.44. The van der Waals surface area contributed by atoms with E-state index in [9.17, 15) is 0 Å². The zero-order valence-electron chi connectivity index (χ0n) is 10.3. The molecule has 3 aliphatic rings. The minimum absolute atomic E-state index is 0.570. The average Bonchev–Trinajstić information content (AvgIpc) is 2.84. The van der Waals surface area contributed by atoms with E-state index in [1.807, 2.05) is 0 Å². The van der Waals surface area contributed by atoms with E-state index in [0.717, 1.165) is 19.4 Å². The molecule has 0 amide bonds. The van der Waals surface area contributed by atoms with Crippen LogP contribution in [-0.2, 0) is 4.74 Å². The predicted molar refractivity (Wildman–Crippen MR) is 73.0 cm³/mol. The summed E-state index contributed by atoms with van der Waals surface area (Å²) in [5.74, 6) is 2.41. The Bertz CT molecular complexity index is 663. The molecule has 1 aliphatic heterocycles. The molecule has 0 radical (unpaired) electrons. The third kappa shape index (κ3) is 1.40. The number of fused-ring (bicyclic) bond motifs is 4. The SMILES string of the molecule is C1=CCC2C(=C1)C=c1ccccc1=C1OCCC12. The van der Waals surface area contributed by atoms with Crippen molar-refractivity contribution in [3.8, 4) is 0 Å². The quantitative estimate of drug-likeness (QED) is 0.670. The van der Waals surface area contributed by atoms with Gasteiger partial charge in [0.25, 0.3) is 0 Å². The smallest absolute Gasteiger partial charge is 0.108 e. The minimum Gasteiger partial charge on any atom is -0.497 e. The summed E-state index contributed by atoms with van der Waals surface area (Å²) in [7, 11) is 0. The number of ether oxygens (including phenoxy) is 1. The Morgan fingerprint density at radius 1 is 1.11 bits per heavy atom. The van der Waals surface area contributed by atoms with Crippen LogP contribution in [-0.4, -0.2) is 6.61 Å². The van der Waals surface area contributed by atoms with Crippen molar-refractivity contribution in [3.05, 3.63) is 58.5 Å². The average molecular weight is 236 g/mol. The van der Waals surface area contributed by atoms with E-state index in [4.69, 9.17) is 4.74 Å². The molecule has 0 bridgehead atoms. The van der Waals surface area contributed by atoms with Crippen LogP contribution in [0.15, 0.2) is 48.1 Å². The second-order valence-corrected chi connectivity index (χ2v) is 5.28. The number of hydrogen-bond donors (Lipinski definition) is 0. The van der Waals surface area contributed by atoms with Crippen LogP contribution in [0.4, 0.5) is 0 Å². The molecule has 18 heavy (non-hydrogen) atoms. The van der Waals surface area contributed by atoms with E-state index < -0.39 is 0 Å². The highest BCUT2D eigenvalue weighted by Crippen LogP contribution is 2.40. The first-order chi connectivity index (χ1) is 8.93. The van der Waals surface area contributed by atoms with Crippen molar-refractivity contribution in [2.75, 3.05) is 6.61 Å². The molecule has 4 rings (SSSR count). The van der Waals surface area contributed by atoms with Gasteiger partial charge in [0.1, 0.15) is 5.76 Å². The van der Waals surface area contributed by atoms with E-state index in [2.05, 4.69) is 48.6 Å². The van der Waals surface area contributed by atoms with E-state index in [1.165, 1.54) is 21.8 Å². The number of benzene rings is 1. The van der Waals surface area contributed by atoms with Gasteiger partial charge in [-0.15, -0.1) is 0 Å². The molecule has 1 nitrogen and oxygen atoms in total. The molecule has 0 aromatic heterocycles. The van der Waals surface area contributed by atoms with Crippen LogP contribution < -0.4 is 10.4 Å². The molecule has 2 aliphatic carbocycles. The molecule has 2 atom stereocenters. The maximum atomic E-state index is 5.96. The number of rotatable bonds is 0. The van der Waals surface area contributed by atoms with Crippen LogP contribution in [0.1, 0.15) is 12.8 Å². The van der Waals surface area contributed by atoms with Gasteiger partial charge in [-0.25, -0.2) is 0 Å². The fraction of sp³-hybridized carbons (Fsp3) is 0.294. The summed E-state index contributed by atoms with van der Waals surface area (Å²) in [4.78, 5) is 0. The second-order valence-electron chi connectivity index (χ2n) is 5.28. The molecular formula is C17H16O. The molecule has 1 fully saturated rings. The highest BCUT2D eigenvalue weighted by Gasteiger charge is 2.34. The van der Waals surface area contributed by atoms with Gasteiger partial charge in [0.05, 0.1) is 6.61 Å². The summed E-state index contributed by atoms with van der Waals surface area (Å²) >= 11 is 0. The van der Waals surface area contributed by atoms with Gasteiger partial charge >= 0.3 is 0 Å². The summed E-state index contributed by atoms with van der Waals surface area (Å²) in [6.07, 6.45) is 11.4. The molecule has 90 valence electrons. The van der Waals surface area contributed by atoms with Crippen LogP contribution in [0.5, 0.6) is 0 Å². The van der Waals surface area contributed by atoms with Crippen molar-refractivity contribution >= 4 is 11.8 Å². The summed E-state index contributed by atoms with van der Waals surface area (Å²) < 4.78 is 5.96. The van der Waals surface area contributed by atoms with Crippen molar-refractivity contribution < 1.29 is 4.74 Å². The van der Waals surface area contributed by atoms with Crippen LogP contribution in [0, 0.1) is 11.8 Å². The highest BCUT2D eigenvalue weighted by atomic mass is 16.5. The summed E-state index contributed by atoms with van der Waals surface area (Å²) in [6.45, 7) is 0.877. The summed E-state index contributed by atoms with van der Waals surface area (Å²) in [5.41, 5.74) is 1.47. The monoisotopic (exact) mass is 236 g/mol. The lowest BCUT2D eigenvalue weighted by Gasteiger charge is -2.24. The first-order valence-corrected chi connectivity index (χ1v) is 6.74. The molecule has 2 unspecified atom stereocenters. The zero-order valence-corrected chi connectivity index (χ0v) is 10.3. The first-order valence-electron chi connectivity index (χ1n) is 6.74. The van der Waals surface area contributed by atoms with Gasteiger partial charge in [0.15, 0.2) is 0 Å². The van der Waals surface area contributed by atoms with Crippen LogP contribution >= 0.6 is 0 Å². The van der Waals surface area contributed by atoms with Gasteiger partial charge in [0.2, 0.25) is 0 Å². The molecular weight excluding hydrogens is 220 g/mol. The Morgan fingerprint density at radius 2 is 2.06 bits per heavy atom. The molecule has 1 aromatic rings. The van der Waals surface area contributed by atoms with Gasteiger partial charge in [0, 0.05) is 11.1 Å².